The van der Waals surface area contributed by atoms with Crippen molar-refractivity contribution in [1.29, 1.82) is 0 Å². The number of rotatable bonds is 8. The van der Waals surface area contributed by atoms with Crippen LogP contribution in [0.2, 0.25) is 5.02 Å². The molecule has 2 aromatic carbocycles. The highest BCUT2D eigenvalue weighted by Crippen LogP contribution is 2.38. The van der Waals surface area contributed by atoms with Crippen molar-refractivity contribution in [2.24, 2.45) is 0 Å². The molecule has 2 saturated heterocycles. The van der Waals surface area contributed by atoms with Gasteiger partial charge in [0.15, 0.2) is 0 Å². The summed E-state index contributed by atoms with van der Waals surface area (Å²) >= 11 is 6.41. The van der Waals surface area contributed by atoms with Crippen LogP contribution in [-0.2, 0) is 9.47 Å². The molecule has 1 unspecified atom stereocenters. The summed E-state index contributed by atoms with van der Waals surface area (Å²) in [5.41, 5.74) is 1.38. The summed E-state index contributed by atoms with van der Waals surface area (Å²) in [5.74, 6) is 2.61. The van der Waals surface area contributed by atoms with Gasteiger partial charge in [-0.1, -0.05) is 11.6 Å². The van der Waals surface area contributed by atoms with Crippen molar-refractivity contribution in [2.45, 2.75) is 25.0 Å². The molecule has 3 aromatic rings. The molecular weight excluding hydrogens is 434 g/mol. The largest absolute Gasteiger partial charge is 0.497 e. The van der Waals surface area contributed by atoms with Gasteiger partial charge in [0, 0.05) is 31.0 Å². The van der Waals surface area contributed by atoms with Crippen LogP contribution >= 0.6 is 11.6 Å². The zero-order chi connectivity index (χ0) is 21.9. The summed E-state index contributed by atoms with van der Waals surface area (Å²) in [6.45, 7) is 2.59. The Balaban J connectivity index is 1.53. The number of methoxy groups -OCH3 is 1. The zero-order valence-electron chi connectivity index (χ0n) is 17.7. The van der Waals surface area contributed by atoms with Crippen LogP contribution in [0.25, 0.3) is 10.9 Å². The van der Waals surface area contributed by atoms with E-state index >= 15 is 0 Å². The van der Waals surface area contributed by atoms with Crippen LogP contribution in [0, 0.1) is 0 Å². The minimum Gasteiger partial charge on any atom is -0.497 e. The fraction of sp³-hybridized carbons (Fsp3) is 0.391. The summed E-state index contributed by atoms with van der Waals surface area (Å²) in [7, 11) is 1.61. The SMILES string of the molecule is COc1ccc(Cl)c(Nc2ncnc3cc(OCC4CO4)cc(OC4CCOCC4)c23)c1. The molecule has 5 rings (SSSR count). The number of hydrogen-bond acceptors (Lipinski definition) is 8. The molecule has 1 atom stereocenters. The van der Waals surface area contributed by atoms with E-state index in [4.69, 9.17) is 35.3 Å². The van der Waals surface area contributed by atoms with Gasteiger partial charge in [-0.3, -0.25) is 0 Å². The number of ether oxygens (including phenoxy) is 5. The third kappa shape index (κ3) is 4.82. The summed E-state index contributed by atoms with van der Waals surface area (Å²) in [6, 6.07) is 9.18. The van der Waals surface area contributed by atoms with Crippen molar-refractivity contribution in [3.63, 3.8) is 0 Å². The smallest absolute Gasteiger partial charge is 0.145 e. The minimum atomic E-state index is 0.0439. The average molecular weight is 458 g/mol. The van der Waals surface area contributed by atoms with Gasteiger partial charge < -0.3 is 29.0 Å². The minimum absolute atomic E-state index is 0.0439. The zero-order valence-corrected chi connectivity index (χ0v) is 18.4. The Kier molecular flexibility index (Phi) is 6.16. The van der Waals surface area contributed by atoms with Gasteiger partial charge in [0.2, 0.25) is 0 Å². The quantitative estimate of drug-likeness (QED) is 0.499. The highest BCUT2D eigenvalue weighted by molar-refractivity contribution is 6.33. The molecule has 2 aliphatic heterocycles. The molecule has 1 aromatic heterocycles. The maximum atomic E-state index is 6.42. The number of halogens is 1. The molecule has 1 N–H and O–H groups in total. The Morgan fingerprint density at radius 1 is 1.12 bits per heavy atom. The topological polar surface area (TPSA) is 87.3 Å². The maximum Gasteiger partial charge on any atom is 0.145 e. The van der Waals surface area contributed by atoms with E-state index in [9.17, 15) is 0 Å². The third-order valence-electron chi connectivity index (χ3n) is 5.40. The molecule has 0 radical (unpaired) electrons. The standard InChI is InChI=1S/C23H24ClN3O5/c1-28-15-2-3-18(24)19(8-15)27-23-22-20(25-13-26-23)9-16(30-11-17-12-31-17)10-21(22)32-14-4-6-29-7-5-14/h2-3,8-10,13-14,17H,4-7,11-12H2,1H3,(H,25,26,27). The first-order valence-corrected chi connectivity index (χ1v) is 11.0. The first-order chi connectivity index (χ1) is 15.7. The van der Waals surface area contributed by atoms with E-state index in [0.717, 1.165) is 24.8 Å². The number of hydrogen-bond donors (Lipinski definition) is 1. The molecule has 3 heterocycles. The lowest BCUT2D eigenvalue weighted by Gasteiger charge is -2.24. The Hall–Kier alpha value is -2.81. The van der Waals surface area contributed by atoms with Crippen molar-refractivity contribution in [3.8, 4) is 17.2 Å². The first-order valence-electron chi connectivity index (χ1n) is 10.6. The molecule has 168 valence electrons. The lowest BCUT2D eigenvalue weighted by molar-refractivity contribution is 0.0261. The van der Waals surface area contributed by atoms with Crippen LogP contribution in [0.1, 0.15) is 12.8 Å². The fourth-order valence-corrected chi connectivity index (χ4v) is 3.75. The number of benzene rings is 2. The van der Waals surface area contributed by atoms with Crippen molar-refractivity contribution in [2.75, 3.05) is 38.9 Å². The lowest BCUT2D eigenvalue weighted by Crippen LogP contribution is -2.26. The maximum absolute atomic E-state index is 6.42. The highest BCUT2D eigenvalue weighted by Gasteiger charge is 2.24. The molecule has 0 aliphatic carbocycles. The van der Waals surface area contributed by atoms with Crippen molar-refractivity contribution < 1.29 is 23.7 Å². The van der Waals surface area contributed by atoms with Crippen LogP contribution in [-0.4, -0.2) is 55.7 Å². The van der Waals surface area contributed by atoms with Gasteiger partial charge in [-0.15, -0.1) is 0 Å². The molecule has 2 fully saturated rings. The van der Waals surface area contributed by atoms with Gasteiger partial charge >= 0.3 is 0 Å². The van der Waals surface area contributed by atoms with E-state index in [1.54, 1.807) is 19.2 Å². The number of aromatic nitrogens is 2. The molecule has 9 heteroatoms. The molecule has 0 bridgehead atoms. The Bertz CT molecular complexity index is 1100. The monoisotopic (exact) mass is 457 g/mol. The second kappa shape index (κ2) is 9.36. The molecule has 2 aliphatic rings. The molecular formula is C23H24ClN3O5. The van der Waals surface area contributed by atoms with Gasteiger partial charge in [-0.05, 0) is 12.1 Å². The van der Waals surface area contributed by atoms with E-state index in [2.05, 4.69) is 15.3 Å². The van der Waals surface area contributed by atoms with Gasteiger partial charge in [-0.2, -0.15) is 0 Å². The Labute approximate surface area is 190 Å². The highest BCUT2D eigenvalue weighted by atomic mass is 35.5. The number of nitrogens with zero attached hydrogens (tertiary/aromatic N) is 2. The van der Waals surface area contributed by atoms with Crippen LogP contribution in [0.15, 0.2) is 36.7 Å². The predicted molar refractivity (Wildman–Crippen MR) is 121 cm³/mol. The average Bonchev–Trinajstić information content (AvgIpc) is 3.64. The third-order valence-corrected chi connectivity index (χ3v) is 5.73. The van der Waals surface area contributed by atoms with E-state index < -0.39 is 0 Å². The van der Waals surface area contributed by atoms with Crippen LogP contribution in [0.4, 0.5) is 11.5 Å². The normalized spacial score (nSPS) is 18.4. The number of fused-ring (bicyclic) bond motifs is 1. The van der Waals surface area contributed by atoms with E-state index in [0.29, 0.717) is 59.1 Å². The summed E-state index contributed by atoms with van der Waals surface area (Å²) in [5, 5.41) is 4.63. The van der Waals surface area contributed by atoms with Gasteiger partial charge in [0.05, 0.1) is 48.5 Å². The Morgan fingerprint density at radius 2 is 1.97 bits per heavy atom. The second-order valence-electron chi connectivity index (χ2n) is 7.70. The van der Waals surface area contributed by atoms with Gasteiger partial charge in [-0.25, -0.2) is 9.97 Å². The summed E-state index contributed by atoms with van der Waals surface area (Å²) in [4.78, 5) is 8.95. The lowest BCUT2D eigenvalue weighted by atomic mass is 10.1. The molecule has 8 nitrogen and oxygen atoms in total. The van der Waals surface area contributed by atoms with E-state index in [1.165, 1.54) is 6.33 Å². The number of nitrogens with one attached hydrogen (secondary N) is 1. The fourth-order valence-electron chi connectivity index (χ4n) is 3.58. The van der Waals surface area contributed by atoms with Crippen molar-refractivity contribution in [1.82, 2.24) is 9.97 Å². The van der Waals surface area contributed by atoms with E-state index in [1.807, 2.05) is 18.2 Å². The van der Waals surface area contributed by atoms with Crippen LogP contribution in [0.5, 0.6) is 17.2 Å². The molecule has 0 spiro atoms. The Morgan fingerprint density at radius 3 is 2.75 bits per heavy atom. The summed E-state index contributed by atoms with van der Waals surface area (Å²) in [6.07, 6.45) is 3.34. The summed E-state index contributed by atoms with van der Waals surface area (Å²) < 4.78 is 28.4. The van der Waals surface area contributed by atoms with Crippen LogP contribution in [0.3, 0.4) is 0 Å². The first kappa shape index (κ1) is 21.1. The number of epoxide rings is 1. The van der Waals surface area contributed by atoms with E-state index in [-0.39, 0.29) is 12.2 Å². The molecule has 0 amide bonds. The second-order valence-corrected chi connectivity index (χ2v) is 8.11. The van der Waals surface area contributed by atoms with Crippen LogP contribution < -0.4 is 19.5 Å². The van der Waals surface area contributed by atoms with Crippen molar-refractivity contribution in [3.05, 3.63) is 41.7 Å². The van der Waals surface area contributed by atoms with Gasteiger partial charge in [0.25, 0.3) is 0 Å². The molecule has 32 heavy (non-hydrogen) atoms. The number of anilines is 2. The molecule has 0 saturated carbocycles. The predicted octanol–water partition coefficient (Wildman–Crippen LogP) is 4.37. The van der Waals surface area contributed by atoms with Gasteiger partial charge in [0.1, 0.15) is 48.2 Å². The van der Waals surface area contributed by atoms with Crippen molar-refractivity contribution >= 4 is 34.0 Å².